The number of aliphatic imine (C=N–C) groups is 2. The number of hydrogen-bond acceptors (Lipinski definition) is 2. The Morgan fingerprint density at radius 1 is 0.577 bits per heavy atom. The lowest BCUT2D eigenvalue weighted by Gasteiger charge is -2.53. The molecule has 4 aliphatic rings. The average molecular weight is 340 g/mol. The van der Waals surface area contributed by atoms with Crippen molar-refractivity contribution in [3.8, 4) is 0 Å². The monoisotopic (exact) mass is 340 g/mol. The lowest BCUT2D eigenvalue weighted by Crippen LogP contribution is -2.58. The van der Waals surface area contributed by atoms with E-state index in [2.05, 4.69) is 48.5 Å². The van der Waals surface area contributed by atoms with Crippen LogP contribution in [-0.4, -0.2) is 11.4 Å². The summed E-state index contributed by atoms with van der Waals surface area (Å²) in [6.45, 7) is 0. The van der Waals surface area contributed by atoms with Crippen LogP contribution in [0.5, 0.6) is 0 Å². The fourth-order valence-electron chi connectivity index (χ4n) is 6.50. The second kappa shape index (κ2) is 5.16. The molecule has 6 rings (SSSR count). The molecular weight excluding hydrogens is 316 g/mol. The van der Waals surface area contributed by atoms with Crippen molar-refractivity contribution in [2.45, 2.75) is 62.2 Å². The molecule has 0 saturated heterocycles. The van der Waals surface area contributed by atoms with Crippen molar-refractivity contribution in [3.63, 3.8) is 0 Å². The fraction of sp³-hybridized carbons (Fsp3) is 0.417. The van der Waals surface area contributed by atoms with Crippen LogP contribution in [0, 0.1) is 0 Å². The zero-order valence-corrected chi connectivity index (χ0v) is 15.2. The first-order valence-electron chi connectivity index (χ1n) is 10.2. The molecule has 2 nitrogen and oxygen atoms in total. The number of para-hydroxylation sites is 2. The van der Waals surface area contributed by atoms with E-state index in [4.69, 9.17) is 9.98 Å². The summed E-state index contributed by atoms with van der Waals surface area (Å²) in [6, 6.07) is 17.9. The molecule has 0 unspecified atom stereocenters. The average Bonchev–Trinajstić information content (AvgIpc) is 3.22. The Balaban J connectivity index is 1.70. The Morgan fingerprint density at radius 2 is 1.04 bits per heavy atom. The molecule has 2 aromatic carbocycles. The van der Waals surface area contributed by atoms with Crippen LogP contribution in [0.1, 0.15) is 62.5 Å². The molecule has 26 heavy (non-hydrogen) atoms. The van der Waals surface area contributed by atoms with E-state index in [0.717, 1.165) is 12.8 Å². The molecule has 130 valence electrons. The lowest BCUT2D eigenvalue weighted by atomic mass is 9.47. The quantitative estimate of drug-likeness (QED) is 0.592. The summed E-state index contributed by atoms with van der Waals surface area (Å²) in [5, 5.41) is 0. The van der Waals surface area contributed by atoms with Crippen LogP contribution in [0.3, 0.4) is 0 Å². The predicted octanol–water partition coefficient (Wildman–Crippen LogP) is 6.18. The summed E-state index contributed by atoms with van der Waals surface area (Å²) in [7, 11) is 0. The normalized spacial score (nSPS) is 31.4. The van der Waals surface area contributed by atoms with Crippen LogP contribution >= 0.6 is 0 Å². The van der Waals surface area contributed by atoms with E-state index in [1.807, 2.05) is 0 Å². The molecule has 2 heterocycles. The third-order valence-electron chi connectivity index (χ3n) is 7.38. The number of benzene rings is 2. The van der Waals surface area contributed by atoms with Gasteiger partial charge in [-0.15, -0.1) is 0 Å². The molecule has 2 heteroatoms. The van der Waals surface area contributed by atoms with Gasteiger partial charge in [0.15, 0.2) is 0 Å². The maximum atomic E-state index is 5.21. The Bertz CT molecular complexity index is 890. The number of rotatable bonds is 1. The van der Waals surface area contributed by atoms with Gasteiger partial charge in [0, 0.05) is 11.4 Å². The van der Waals surface area contributed by atoms with Crippen LogP contribution < -0.4 is 0 Å². The van der Waals surface area contributed by atoms with E-state index in [9.17, 15) is 0 Å². The van der Waals surface area contributed by atoms with Gasteiger partial charge < -0.3 is 0 Å². The predicted molar refractivity (Wildman–Crippen MR) is 107 cm³/mol. The standard InChI is InChI=1S/C24H24N2/c1-3-11-19-17(9-1)23(15-7-5-13-21(23)25-19)24-16-8-6-14-22(24)26-20-12-4-2-10-18(20)24/h1-4,9-12H,5-8,13-16H2/t23-,24-/m0/s1. The summed E-state index contributed by atoms with van der Waals surface area (Å²) in [6.07, 6.45) is 9.87. The van der Waals surface area contributed by atoms with Crippen molar-refractivity contribution in [3.05, 3.63) is 59.7 Å². The molecule has 2 aliphatic carbocycles. The third kappa shape index (κ3) is 1.60. The van der Waals surface area contributed by atoms with Crippen LogP contribution in [0.4, 0.5) is 11.4 Å². The van der Waals surface area contributed by atoms with E-state index in [0.29, 0.717) is 0 Å². The Kier molecular flexibility index (Phi) is 2.95. The van der Waals surface area contributed by atoms with Crippen molar-refractivity contribution in [2.75, 3.05) is 0 Å². The van der Waals surface area contributed by atoms with Gasteiger partial charge in [-0.25, -0.2) is 0 Å². The summed E-state index contributed by atoms with van der Waals surface area (Å²) < 4.78 is 0. The van der Waals surface area contributed by atoms with Crippen molar-refractivity contribution in [2.24, 2.45) is 9.98 Å². The van der Waals surface area contributed by atoms with Gasteiger partial charge in [0.25, 0.3) is 0 Å². The molecule has 0 bridgehead atoms. The molecule has 2 fully saturated rings. The second-order valence-electron chi connectivity index (χ2n) is 8.38. The maximum absolute atomic E-state index is 5.21. The molecule has 0 radical (unpaired) electrons. The van der Waals surface area contributed by atoms with Crippen LogP contribution in [0.25, 0.3) is 0 Å². The molecule has 0 aromatic heterocycles. The Morgan fingerprint density at radius 3 is 1.54 bits per heavy atom. The minimum absolute atomic E-state index is 0.0354. The smallest absolute Gasteiger partial charge is 0.0671 e. The van der Waals surface area contributed by atoms with Gasteiger partial charge in [0.1, 0.15) is 0 Å². The van der Waals surface area contributed by atoms with E-state index in [1.54, 1.807) is 0 Å². The van der Waals surface area contributed by atoms with E-state index in [1.165, 1.54) is 72.4 Å². The van der Waals surface area contributed by atoms with Crippen molar-refractivity contribution in [1.29, 1.82) is 0 Å². The fourth-order valence-corrected chi connectivity index (χ4v) is 6.50. The SMILES string of the molecule is c1ccc2c(c1)N=C1CCCC[C@@]12[C@]12CCCCC1=Nc1ccccc12. The van der Waals surface area contributed by atoms with Crippen LogP contribution in [0.15, 0.2) is 58.5 Å². The van der Waals surface area contributed by atoms with Gasteiger partial charge in [-0.2, -0.15) is 0 Å². The van der Waals surface area contributed by atoms with Crippen molar-refractivity contribution >= 4 is 22.8 Å². The number of hydrogen-bond donors (Lipinski definition) is 0. The molecule has 2 aliphatic heterocycles. The largest absolute Gasteiger partial charge is 0.257 e. The molecule has 2 atom stereocenters. The molecule has 2 saturated carbocycles. The van der Waals surface area contributed by atoms with E-state index < -0.39 is 0 Å². The van der Waals surface area contributed by atoms with Gasteiger partial charge in [-0.1, -0.05) is 49.2 Å². The molecule has 2 aromatic rings. The summed E-state index contributed by atoms with van der Waals surface area (Å²) in [5.74, 6) is 0. The van der Waals surface area contributed by atoms with Gasteiger partial charge in [0.05, 0.1) is 22.2 Å². The zero-order chi connectivity index (χ0) is 17.2. The van der Waals surface area contributed by atoms with E-state index >= 15 is 0 Å². The summed E-state index contributed by atoms with van der Waals surface area (Å²) in [5.41, 5.74) is 8.33. The highest BCUT2D eigenvalue weighted by atomic mass is 14.9. The summed E-state index contributed by atoms with van der Waals surface area (Å²) in [4.78, 5) is 10.4. The van der Waals surface area contributed by atoms with E-state index in [-0.39, 0.29) is 10.8 Å². The van der Waals surface area contributed by atoms with Crippen molar-refractivity contribution < 1.29 is 0 Å². The van der Waals surface area contributed by atoms with Crippen LogP contribution in [0.2, 0.25) is 0 Å². The highest BCUT2D eigenvalue weighted by molar-refractivity contribution is 6.14. The molecule has 0 N–H and O–H groups in total. The topological polar surface area (TPSA) is 24.7 Å². The minimum atomic E-state index is 0.0354. The second-order valence-corrected chi connectivity index (χ2v) is 8.38. The lowest BCUT2D eigenvalue weighted by molar-refractivity contribution is 0.294. The first-order valence-corrected chi connectivity index (χ1v) is 10.2. The van der Waals surface area contributed by atoms with Gasteiger partial charge in [0.2, 0.25) is 0 Å². The van der Waals surface area contributed by atoms with Gasteiger partial charge in [-0.05, 0) is 61.8 Å². The third-order valence-corrected chi connectivity index (χ3v) is 7.38. The summed E-state index contributed by atoms with van der Waals surface area (Å²) >= 11 is 0. The minimum Gasteiger partial charge on any atom is -0.257 e. The van der Waals surface area contributed by atoms with Gasteiger partial charge in [-0.3, -0.25) is 9.98 Å². The number of fused-ring (bicyclic) bond motifs is 7. The molecular formula is C24H24N2. The maximum Gasteiger partial charge on any atom is 0.0671 e. The molecule has 0 spiro atoms. The first kappa shape index (κ1) is 14.9. The van der Waals surface area contributed by atoms with Crippen LogP contribution in [-0.2, 0) is 10.8 Å². The zero-order valence-electron chi connectivity index (χ0n) is 15.2. The number of nitrogens with zero attached hydrogens (tertiary/aromatic N) is 2. The molecule has 0 amide bonds. The Labute approximate surface area is 155 Å². The Hall–Kier alpha value is -2.22. The van der Waals surface area contributed by atoms with Crippen molar-refractivity contribution in [1.82, 2.24) is 0 Å². The first-order chi connectivity index (χ1) is 12.9. The highest BCUT2D eigenvalue weighted by Crippen LogP contribution is 2.64. The highest BCUT2D eigenvalue weighted by Gasteiger charge is 2.63. The van der Waals surface area contributed by atoms with Gasteiger partial charge >= 0.3 is 0 Å².